The van der Waals surface area contributed by atoms with Crippen LogP contribution in [0.4, 0.5) is 5.69 Å². The third kappa shape index (κ3) is 8.68. The smallest absolute Gasteiger partial charge is 0.338 e. The Morgan fingerprint density at radius 2 is 1.60 bits per heavy atom. The molecule has 35 heavy (non-hydrogen) atoms. The van der Waals surface area contributed by atoms with E-state index < -0.39 is 11.9 Å². The Balaban J connectivity index is 1.36. The zero-order valence-electron chi connectivity index (χ0n) is 19.1. The lowest BCUT2D eigenvalue weighted by atomic mass is 10.1. The second kappa shape index (κ2) is 13.0. The van der Waals surface area contributed by atoms with E-state index in [1.54, 1.807) is 55.6 Å². The number of ether oxygens (including phenoxy) is 3. The van der Waals surface area contributed by atoms with E-state index in [4.69, 9.17) is 25.8 Å². The van der Waals surface area contributed by atoms with Gasteiger partial charge in [-0.1, -0.05) is 29.8 Å². The van der Waals surface area contributed by atoms with E-state index >= 15 is 0 Å². The first-order valence-electron chi connectivity index (χ1n) is 10.8. The summed E-state index contributed by atoms with van der Waals surface area (Å²) in [5.74, 6) is -0.345. The van der Waals surface area contributed by atoms with Gasteiger partial charge < -0.3 is 24.8 Å². The maximum Gasteiger partial charge on any atom is 0.338 e. The van der Waals surface area contributed by atoms with E-state index in [9.17, 15) is 14.4 Å². The summed E-state index contributed by atoms with van der Waals surface area (Å²) >= 11 is 5.85. The number of carbonyl (C=O) groups is 3. The molecule has 3 aromatic carbocycles. The molecule has 2 amide bonds. The Labute approximate surface area is 208 Å². The van der Waals surface area contributed by atoms with E-state index in [-0.39, 0.29) is 24.7 Å². The molecule has 0 aliphatic carbocycles. The van der Waals surface area contributed by atoms with Crippen molar-refractivity contribution in [1.29, 1.82) is 0 Å². The fraction of sp³-hybridized carbons (Fsp3) is 0.192. The molecule has 0 fully saturated rings. The number of methoxy groups -OCH3 is 1. The standard InChI is InChI=1S/C26H25ClN2O6/c1-33-23-4-2-3-21(15-23)29-25(31)17-34-22-11-7-19(8-12-22)26(32)35-16-24(30)28-14-13-18-5-9-20(27)10-6-18/h2-12,15H,13-14,16-17H2,1H3,(H,28,30)(H,29,31). The summed E-state index contributed by atoms with van der Waals surface area (Å²) in [6, 6.07) is 20.4. The molecule has 0 heterocycles. The van der Waals surface area contributed by atoms with Gasteiger partial charge in [-0.3, -0.25) is 9.59 Å². The van der Waals surface area contributed by atoms with Gasteiger partial charge in [0, 0.05) is 23.3 Å². The minimum Gasteiger partial charge on any atom is -0.497 e. The maximum atomic E-state index is 12.2. The highest BCUT2D eigenvalue weighted by Crippen LogP contribution is 2.17. The summed E-state index contributed by atoms with van der Waals surface area (Å²) in [4.78, 5) is 36.2. The fourth-order valence-electron chi connectivity index (χ4n) is 3.00. The van der Waals surface area contributed by atoms with Crippen LogP contribution in [0.3, 0.4) is 0 Å². The number of amides is 2. The molecule has 3 rings (SSSR count). The van der Waals surface area contributed by atoms with Crippen LogP contribution in [0.15, 0.2) is 72.8 Å². The molecular weight excluding hydrogens is 472 g/mol. The normalized spacial score (nSPS) is 10.2. The molecule has 8 nitrogen and oxygen atoms in total. The van der Waals surface area contributed by atoms with Crippen LogP contribution < -0.4 is 20.1 Å². The maximum absolute atomic E-state index is 12.2. The lowest BCUT2D eigenvalue weighted by Crippen LogP contribution is -2.30. The molecule has 182 valence electrons. The van der Waals surface area contributed by atoms with Gasteiger partial charge >= 0.3 is 5.97 Å². The van der Waals surface area contributed by atoms with Crippen LogP contribution in [0, 0.1) is 0 Å². The van der Waals surface area contributed by atoms with Crippen LogP contribution in [-0.4, -0.2) is 44.7 Å². The second-order valence-electron chi connectivity index (χ2n) is 7.40. The number of rotatable bonds is 11. The summed E-state index contributed by atoms with van der Waals surface area (Å²) in [7, 11) is 1.54. The van der Waals surface area contributed by atoms with Crippen LogP contribution in [-0.2, 0) is 20.7 Å². The number of hydrogen-bond donors (Lipinski definition) is 2. The van der Waals surface area contributed by atoms with Crippen molar-refractivity contribution >= 4 is 35.1 Å². The summed E-state index contributed by atoms with van der Waals surface area (Å²) in [6.45, 7) is -0.186. The van der Waals surface area contributed by atoms with E-state index in [2.05, 4.69) is 10.6 Å². The molecule has 3 aromatic rings. The lowest BCUT2D eigenvalue weighted by molar-refractivity contribution is -0.124. The van der Waals surface area contributed by atoms with Crippen molar-refractivity contribution in [3.63, 3.8) is 0 Å². The second-order valence-corrected chi connectivity index (χ2v) is 7.83. The number of anilines is 1. The van der Waals surface area contributed by atoms with Crippen molar-refractivity contribution in [2.75, 3.05) is 32.2 Å². The highest BCUT2D eigenvalue weighted by Gasteiger charge is 2.11. The van der Waals surface area contributed by atoms with Crippen molar-refractivity contribution in [3.8, 4) is 11.5 Å². The molecule has 0 unspecified atom stereocenters. The van der Waals surface area contributed by atoms with Crippen LogP contribution in [0.2, 0.25) is 5.02 Å². The third-order valence-electron chi connectivity index (χ3n) is 4.80. The number of esters is 1. The van der Waals surface area contributed by atoms with E-state index in [1.165, 1.54) is 12.1 Å². The molecule has 0 atom stereocenters. The van der Waals surface area contributed by atoms with Gasteiger partial charge in [-0.25, -0.2) is 4.79 Å². The fourth-order valence-corrected chi connectivity index (χ4v) is 3.12. The molecule has 0 spiro atoms. The number of hydrogen-bond acceptors (Lipinski definition) is 6. The van der Waals surface area contributed by atoms with Gasteiger partial charge in [0.15, 0.2) is 13.2 Å². The highest BCUT2D eigenvalue weighted by molar-refractivity contribution is 6.30. The first-order chi connectivity index (χ1) is 16.9. The first-order valence-corrected chi connectivity index (χ1v) is 11.2. The molecule has 0 saturated carbocycles. The Hall–Kier alpha value is -4.04. The van der Waals surface area contributed by atoms with E-state index in [1.807, 2.05) is 12.1 Å². The van der Waals surface area contributed by atoms with Gasteiger partial charge in [0.2, 0.25) is 0 Å². The topological polar surface area (TPSA) is 103 Å². The minimum absolute atomic E-state index is 0.211. The molecule has 0 bridgehead atoms. The van der Waals surface area contributed by atoms with Crippen molar-refractivity contribution in [2.24, 2.45) is 0 Å². The summed E-state index contributed by atoms with van der Waals surface area (Å²) in [5.41, 5.74) is 1.88. The number of carbonyl (C=O) groups excluding carboxylic acids is 3. The van der Waals surface area contributed by atoms with Crippen LogP contribution in [0.25, 0.3) is 0 Å². The van der Waals surface area contributed by atoms with E-state index in [0.29, 0.717) is 35.2 Å². The van der Waals surface area contributed by atoms with Crippen LogP contribution in [0.5, 0.6) is 11.5 Å². The molecule has 2 N–H and O–H groups in total. The zero-order chi connectivity index (χ0) is 25.0. The quantitative estimate of drug-likeness (QED) is 0.390. The van der Waals surface area contributed by atoms with Crippen molar-refractivity contribution in [2.45, 2.75) is 6.42 Å². The van der Waals surface area contributed by atoms with Gasteiger partial charge in [0.25, 0.3) is 11.8 Å². The van der Waals surface area contributed by atoms with Crippen molar-refractivity contribution < 1.29 is 28.6 Å². The van der Waals surface area contributed by atoms with E-state index in [0.717, 1.165) is 5.56 Å². The average Bonchev–Trinajstić information content (AvgIpc) is 2.87. The Morgan fingerprint density at radius 1 is 0.857 bits per heavy atom. The van der Waals surface area contributed by atoms with Gasteiger partial charge in [-0.15, -0.1) is 0 Å². The number of halogens is 1. The molecular formula is C26H25ClN2O6. The molecule has 0 aliphatic rings. The Bertz CT molecular complexity index is 1150. The predicted octanol–water partition coefficient (Wildman–Crippen LogP) is 3.88. The summed E-state index contributed by atoms with van der Waals surface area (Å²) in [5, 5.41) is 6.06. The van der Waals surface area contributed by atoms with Gasteiger partial charge in [-0.2, -0.15) is 0 Å². The highest BCUT2D eigenvalue weighted by atomic mass is 35.5. The van der Waals surface area contributed by atoms with Crippen LogP contribution >= 0.6 is 11.6 Å². The minimum atomic E-state index is -0.639. The Kier molecular flexibility index (Phi) is 9.50. The van der Waals surface area contributed by atoms with Gasteiger partial charge in [-0.05, 0) is 60.5 Å². The first kappa shape index (κ1) is 25.6. The molecule has 0 saturated heterocycles. The Morgan fingerprint density at radius 3 is 2.31 bits per heavy atom. The van der Waals surface area contributed by atoms with Crippen molar-refractivity contribution in [1.82, 2.24) is 5.32 Å². The zero-order valence-corrected chi connectivity index (χ0v) is 19.8. The summed E-state index contributed by atoms with van der Waals surface area (Å²) in [6.07, 6.45) is 0.635. The number of nitrogens with one attached hydrogen (secondary N) is 2. The molecule has 0 aromatic heterocycles. The predicted molar refractivity (Wildman–Crippen MR) is 132 cm³/mol. The van der Waals surface area contributed by atoms with Gasteiger partial charge in [0.1, 0.15) is 11.5 Å². The molecule has 0 radical (unpaired) electrons. The van der Waals surface area contributed by atoms with Gasteiger partial charge in [0.05, 0.1) is 12.7 Å². The SMILES string of the molecule is COc1cccc(NC(=O)COc2ccc(C(=O)OCC(=O)NCCc3ccc(Cl)cc3)cc2)c1. The molecule has 0 aliphatic heterocycles. The average molecular weight is 497 g/mol. The third-order valence-corrected chi connectivity index (χ3v) is 5.05. The molecule has 9 heteroatoms. The monoisotopic (exact) mass is 496 g/mol. The summed E-state index contributed by atoms with van der Waals surface area (Å²) < 4.78 is 15.6. The lowest BCUT2D eigenvalue weighted by Gasteiger charge is -2.09. The van der Waals surface area contributed by atoms with Crippen molar-refractivity contribution in [3.05, 3.63) is 88.9 Å². The largest absolute Gasteiger partial charge is 0.497 e. The number of benzene rings is 3. The van der Waals surface area contributed by atoms with Crippen LogP contribution in [0.1, 0.15) is 15.9 Å².